The van der Waals surface area contributed by atoms with E-state index in [-0.39, 0.29) is 11.7 Å². The molecule has 4 aromatic rings. The molecule has 0 bridgehead atoms. The second-order valence-electron chi connectivity index (χ2n) is 5.60. The van der Waals surface area contributed by atoms with Gasteiger partial charge in [0.15, 0.2) is 5.76 Å². The molecular weight excluding hydrogens is 358 g/mol. The number of aromatic nitrogens is 2. The number of carbonyl (C=O) groups excluding carboxylic acids is 1. The highest BCUT2D eigenvalue weighted by atomic mass is 35.5. The van der Waals surface area contributed by atoms with Crippen LogP contribution in [-0.2, 0) is 6.54 Å². The first kappa shape index (κ1) is 15.9. The first-order valence-corrected chi connectivity index (χ1v) is 8.92. The molecule has 0 aliphatic carbocycles. The number of hydrogen-bond acceptors (Lipinski definition) is 4. The molecule has 0 unspecified atom stereocenters. The van der Waals surface area contributed by atoms with E-state index in [1.54, 1.807) is 46.5 Å². The fraction of sp³-hybridized carbons (Fsp3) is 0.111. The number of nitrogens with one attached hydrogen (secondary N) is 1. The van der Waals surface area contributed by atoms with Gasteiger partial charge in [0, 0.05) is 26.9 Å². The standard InChI is InChI=1S/C18H14ClN3O2S/c1-11-14-9-12(19)4-5-15(14)24-17(11)18(23)21-16-6-7-20-22(16)10-13-3-2-8-25-13/h2-9H,10H2,1H3,(H,21,23). The molecule has 1 amide bonds. The summed E-state index contributed by atoms with van der Waals surface area (Å²) in [5, 5.41) is 10.6. The van der Waals surface area contributed by atoms with Crippen molar-refractivity contribution in [3.63, 3.8) is 0 Å². The Labute approximate surface area is 152 Å². The quantitative estimate of drug-likeness (QED) is 0.552. The number of aryl methyl sites for hydroxylation is 1. The third-order valence-electron chi connectivity index (χ3n) is 3.95. The summed E-state index contributed by atoms with van der Waals surface area (Å²) < 4.78 is 7.46. The van der Waals surface area contributed by atoms with Gasteiger partial charge in [-0.25, -0.2) is 4.68 Å². The summed E-state index contributed by atoms with van der Waals surface area (Å²) >= 11 is 7.68. The van der Waals surface area contributed by atoms with Crippen molar-refractivity contribution in [1.29, 1.82) is 0 Å². The van der Waals surface area contributed by atoms with Gasteiger partial charge in [-0.05, 0) is 36.6 Å². The summed E-state index contributed by atoms with van der Waals surface area (Å²) in [5.74, 6) is 0.593. The van der Waals surface area contributed by atoms with E-state index in [0.717, 1.165) is 15.8 Å². The third kappa shape index (κ3) is 3.06. The fourth-order valence-corrected chi connectivity index (χ4v) is 3.56. The molecule has 0 saturated carbocycles. The van der Waals surface area contributed by atoms with Gasteiger partial charge in [-0.3, -0.25) is 4.79 Å². The average molecular weight is 372 g/mol. The minimum Gasteiger partial charge on any atom is -0.451 e. The highest BCUT2D eigenvalue weighted by Crippen LogP contribution is 2.28. The van der Waals surface area contributed by atoms with E-state index >= 15 is 0 Å². The predicted octanol–water partition coefficient (Wildman–Crippen LogP) is 4.95. The van der Waals surface area contributed by atoms with Crippen LogP contribution >= 0.6 is 22.9 Å². The Morgan fingerprint density at radius 2 is 2.24 bits per heavy atom. The molecule has 3 heterocycles. The largest absolute Gasteiger partial charge is 0.451 e. The molecular formula is C18H14ClN3O2S. The van der Waals surface area contributed by atoms with E-state index in [4.69, 9.17) is 16.0 Å². The number of nitrogens with zero attached hydrogens (tertiary/aromatic N) is 2. The number of rotatable bonds is 4. The van der Waals surface area contributed by atoms with Gasteiger partial charge in [0.1, 0.15) is 11.4 Å². The third-order valence-corrected chi connectivity index (χ3v) is 5.04. The summed E-state index contributed by atoms with van der Waals surface area (Å²) in [6.45, 7) is 2.45. The zero-order valence-corrected chi connectivity index (χ0v) is 14.9. The number of benzene rings is 1. The Kier molecular flexibility index (Phi) is 4.07. The zero-order chi connectivity index (χ0) is 17.4. The summed E-state index contributed by atoms with van der Waals surface area (Å²) in [6.07, 6.45) is 1.66. The molecule has 0 aliphatic rings. The Balaban J connectivity index is 1.61. The van der Waals surface area contributed by atoms with Gasteiger partial charge in [0.25, 0.3) is 5.91 Å². The van der Waals surface area contributed by atoms with Crippen molar-refractivity contribution < 1.29 is 9.21 Å². The Hall–Kier alpha value is -2.57. The molecule has 1 aromatic carbocycles. The summed E-state index contributed by atoms with van der Waals surface area (Å²) in [4.78, 5) is 13.8. The SMILES string of the molecule is Cc1c(C(=O)Nc2ccnn2Cc2cccs2)oc2ccc(Cl)cc12. The second-order valence-corrected chi connectivity index (χ2v) is 7.07. The molecule has 0 aliphatic heterocycles. The first-order chi connectivity index (χ1) is 12.1. The number of anilines is 1. The highest BCUT2D eigenvalue weighted by Gasteiger charge is 2.19. The zero-order valence-electron chi connectivity index (χ0n) is 13.3. The van der Waals surface area contributed by atoms with Gasteiger partial charge in [-0.15, -0.1) is 11.3 Å². The minimum atomic E-state index is -0.308. The van der Waals surface area contributed by atoms with Crippen LogP contribution in [0.2, 0.25) is 5.02 Å². The van der Waals surface area contributed by atoms with Crippen molar-refractivity contribution in [1.82, 2.24) is 9.78 Å². The highest BCUT2D eigenvalue weighted by molar-refractivity contribution is 7.09. The van der Waals surface area contributed by atoms with E-state index in [2.05, 4.69) is 10.4 Å². The lowest BCUT2D eigenvalue weighted by molar-refractivity contribution is 0.0997. The van der Waals surface area contributed by atoms with Gasteiger partial charge in [-0.1, -0.05) is 17.7 Å². The lowest BCUT2D eigenvalue weighted by atomic mass is 10.1. The molecule has 126 valence electrons. The summed E-state index contributed by atoms with van der Waals surface area (Å²) in [7, 11) is 0. The Morgan fingerprint density at radius 3 is 3.04 bits per heavy atom. The number of amides is 1. The summed E-state index contributed by atoms with van der Waals surface area (Å²) in [6, 6.07) is 11.1. The first-order valence-electron chi connectivity index (χ1n) is 7.66. The van der Waals surface area contributed by atoms with Crippen LogP contribution in [0, 0.1) is 6.92 Å². The Bertz CT molecular complexity index is 1050. The van der Waals surface area contributed by atoms with Gasteiger partial charge >= 0.3 is 0 Å². The van der Waals surface area contributed by atoms with Gasteiger partial charge < -0.3 is 9.73 Å². The molecule has 0 atom stereocenters. The van der Waals surface area contributed by atoms with Crippen molar-refractivity contribution in [2.75, 3.05) is 5.32 Å². The molecule has 0 saturated heterocycles. The molecule has 5 nitrogen and oxygen atoms in total. The maximum atomic E-state index is 12.7. The molecule has 0 radical (unpaired) electrons. The van der Waals surface area contributed by atoms with Crippen molar-refractivity contribution >= 4 is 45.6 Å². The van der Waals surface area contributed by atoms with E-state index < -0.39 is 0 Å². The predicted molar refractivity (Wildman–Crippen MR) is 99.6 cm³/mol. The maximum Gasteiger partial charge on any atom is 0.292 e. The number of halogens is 1. The van der Waals surface area contributed by atoms with Crippen molar-refractivity contribution in [3.8, 4) is 0 Å². The average Bonchev–Trinajstić information content (AvgIpc) is 3.31. The van der Waals surface area contributed by atoms with E-state index in [9.17, 15) is 4.79 Å². The topological polar surface area (TPSA) is 60.1 Å². The van der Waals surface area contributed by atoms with Crippen LogP contribution in [0.15, 0.2) is 52.4 Å². The number of furan rings is 1. The molecule has 3 aromatic heterocycles. The maximum absolute atomic E-state index is 12.7. The normalized spacial score (nSPS) is 11.1. The lowest BCUT2D eigenvalue weighted by Crippen LogP contribution is -2.16. The van der Waals surface area contributed by atoms with E-state index in [0.29, 0.717) is 23.0 Å². The number of carbonyl (C=O) groups is 1. The number of fused-ring (bicyclic) bond motifs is 1. The van der Waals surface area contributed by atoms with Crippen LogP contribution in [0.3, 0.4) is 0 Å². The van der Waals surface area contributed by atoms with Crippen LogP contribution < -0.4 is 5.32 Å². The number of hydrogen-bond donors (Lipinski definition) is 1. The molecule has 1 N–H and O–H groups in total. The van der Waals surface area contributed by atoms with Crippen LogP contribution in [-0.4, -0.2) is 15.7 Å². The molecule has 25 heavy (non-hydrogen) atoms. The van der Waals surface area contributed by atoms with Crippen molar-refractivity contribution in [2.24, 2.45) is 0 Å². The second kappa shape index (κ2) is 6.38. The molecule has 7 heteroatoms. The van der Waals surface area contributed by atoms with Crippen LogP contribution in [0.4, 0.5) is 5.82 Å². The fourth-order valence-electron chi connectivity index (χ4n) is 2.70. The minimum absolute atomic E-state index is 0.279. The molecule has 4 rings (SSSR count). The molecule has 0 spiro atoms. The van der Waals surface area contributed by atoms with Crippen molar-refractivity contribution in [3.05, 3.63) is 69.2 Å². The smallest absolute Gasteiger partial charge is 0.292 e. The van der Waals surface area contributed by atoms with Crippen LogP contribution in [0.25, 0.3) is 11.0 Å². The van der Waals surface area contributed by atoms with Crippen molar-refractivity contribution in [2.45, 2.75) is 13.5 Å². The van der Waals surface area contributed by atoms with Gasteiger partial charge in [-0.2, -0.15) is 5.10 Å². The van der Waals surface area contributed by atoms with Gasteiger partial charge in [0.05, 0.1) is 12.7 Å². The van der Waals surface area contributed by atoms with Crippen LogP contribution in [0.5, 0.6) is 0 Å². The van der Waals surface area contributed by atoms with E-state index in [1.165, 1.54) is 0 Å². The monoisotopic (exact) mass is 371 g/mol. The number of thiophene rings is 1. The lowest BCUT2D eigenvalue weighted by Gasteiger charge is -2.07. The van der Waals surface area contributed by atoms with E-state index in [1.807, 2.05) is 24.4 Å². The molecule has 0 fully saturated rings. The van der Waals surface area contributed by atoms with Crippen LogP contribution in [0.1, 0.15) is 21.0 Å². The Morgan fingerprint density at radius 1 is 1.36 bits per heavy atom. The van der Waals surface area contributed by atoms with Gasteiger partial charge in [0.2, 0.25) is 0 Å². The summed E-state index contributed by atoms with van der Waals surface area (Å²) in [5.41, 5.74) is 1.40.